The van der Waals surface area contributed by atoms with Crippen molar-refractivity contribution in [2.45, 2.75) is 51.6 Å². The van der Waals surface area contributed by atoms with Crippen LogP contribution in [0.15, 0.2) is 0 Å². The van der Waals surface area contributed by atoms with Gasteiger partial charge in [-0.2, -0.15) is 0 Å². The first-order chi connectivity index (χ1) is 12.2. The van der Waals surface area contributed by atoms with E-state index in [0.29, 0.717) is 6.42 Å². The minimum absolute atomic E-state index is 0.513. The molecule has 3 saturated heterocycles. The molecule has 9 heteroatoms. The monoisotopic (exact) mass is 370 g/mol. The van der Waals surface area contributed by atoms with Crippen molar-refractivity contribution in [1.82, 2.24) is 0 Å². The lowest BCUT2D eigenvalue weighted by atomic mass is 9.78. The number of fused-ring (bicyclic) bond motifs is 1. The van der Waals surface area contributed by atoms with Gasteiger partial charge in [-0.05, 0) is 20.3 Å². The molecular formula is C17H22O9. The standard InChI is InChI=1S/C17H22O9/c1-5-17(2,3)16(21)23-6-7(18)24-12-10-8(14(19)22-4)9-11(25-10)13(12)26-15(9)20/h8-13H,5-6H2,1-4H3. The maximum absolute atomic E-state index is 12.1. The topological polar surface area (TPSA) is 114 Å². The molecule has 3 rings (SSSR count). The van der Waals surface area contributed by atoms with Gasteiger partial charge in [0, 0.05) is 0 Å². The Morgan fingerprint density at radius 1 is 1.15 bits per heavy atom. The van der Waals surface area contributed by atoms with Crippen LogP contribution in [0.4, 0.5) is 0 Å². The highest BCUT2D eigenvalue weighted by Crippen LogP contribution is 2.51. The second kappa shape index (κ2) is 6.53. The first kappa shape index (κ1) is 18.6. The summed E-state index contributed by atoms with van der Waals surface area (Å²) in [5.74, 6) is -4.11. The second-order valence-electron chi connectivity index (χ2n) is 7.31. The molecule has 3 fully saturated rings. The van der Waals surface area contributed by atoms with Crippen molar-refractivity contribution in [3.05, 3.63) is 0 Å². The van der Waals surface area contributed by atoms with Gasteiger partial charge in [-0.3, -0.25) is 14.4 Å². The molecule has 0 aliphatic carbocycles. The molecule has 144 valence electrons. The Balaban J connectivity index is 1.63. The predicted octanol–water partition coefficient (Wildman–Crippen LogP) is -0.0106. The van der Waals surface area contributed by atoms with E-state index in [1.807, 2.05) is 6.92 Å². The molecule has 3 aliphatic rings. The van der Waals surface area contributed by atoms with Crippen LogP contribution in [0.1, 0.15) is 27.2 Å². The highest BCUT2D eigenvalue weighted by Gasteiger charge is 2.72. The smallest absolute Gasteiger partial charge is 0.344 e. The lowest BCUT2D eigenvalue weighted by Crippen LogP contribution is -2.48. The van der Waals surface area contributed by atoms with Gasteiger partial charge in [0.1, 0.15) is 24.0 Å². The van der Waals surface area contributed by atoms with Crippen LogP contribution >= 0.6 is 0 Å². The van der Waals surface area contributed by atoms with Gasteiger partial charge >= 0.3 is 23.9 Å². The van der Waals surface area contributed by atoms with Crippen molar-refractivity contribution in [3.8, 4) is 0 Å². The van der Waals surface area contributed by atoms with Crippen LogP contribution in [0.3, 0.4) is 0 Å². The summed E-state index contributed by atoms with van der Waals surface area (Å²) in [4.78, 5) is 48.0. The number of ether oxygens (including phenoxy) is 5. The molecule has 0 aromatic heterocycles. The van der Waals surface area contributed by atoms with E-state index in [2.05, 4.69) is 0 Å². The fourth-order valence-electron chi connectivity index (χ4n) is 3.53. The molecule has 0 aromatic rings. The summed E-state index contributed by atoms with van der Waals surface area (Å²) >= 11 is 0. The summed E-state index contributed by atoms with van der Waals surface area (Å²) in [7, 11) is 1.21. The van der Waals surface area contributed by atoms with Crippen molar-refractivity contribution in [2.24, 2.45) is 17.3 Å². The molecule has 0 aromatic carbocycles. The van der Waals surface area contributed by atoms with Crippen LogP contribution < -0.4 is 0 Å². The van der Waals surface area contributed by atoms with Crippen LogP contribution in [-0.4, -0.2) is 62.0 Å². The average Bonchev–Trinajstić information content (AvgIpc) is 3.22. The Bertz CT molecular complexity index is 640. The SMILES string of the molecule is CCC(C)(C)C(=O)OCC(=O)OC1C2OC(=O)C3C2OC1C3C(=O)OC. The quantitative estimate of drug-likeness (QED) is 0.470. The van der Waals surface area contributed by atoms with Crippen molar-refractivity contribution >= 4 is 23.9 Å². The third kappa shape index (κ3) is 2.84. The minimum Gasteiger partial charge on any atom is -0.469 e. The molecule has 0 radical (unpaired) electrons. The third-order valence-corrected chi connectivity index (χ3v) is 5.40. The van der Waals surface area contributed by atoms with Gasteiger partial charge in [-0.25, -0.2) is 4.79 Å². The highest BCUT2D eigenvalue weighted by molar-refractivity contribution is 5.87. The van der Waals surface area contributed by atoms with Crippen LogP contribution in [0.2, 0.25) is 0 Å². The Kier molecular flexibility index (Phi) is 4.68. The molecule has 26 heavy (non-hydrogen) atoms. The van der Waals surface area contributed by atoms with Crippen LogP contribution in [0.25, 0.3) is 0 Å². The first-order valence-electron chi connectivity index (χ1n) is 8.51. The van der Waals surface area contributed by atoms with Gasteiger partial charge < -0.3 is 23.7 Å². The van der Waals surface area contributed by atoms with Crippen LogP contribution in [-0.2, 0) is 42.9 Å². The number of carbonyl (C=O) groups excluding carboxylic acids is 4. The first-order valence-corrected chi connectivity index (χ1v) is 8.51. The third-order valence-electron chi connectivity index (χ3n) is 5.40. The molecule has 0 saturated carbocycles. The van der Waals surface area contributed by atoms with E-state index >= 15 is 0 Å². The van der Waals surface area contributed by atoms with E-state index in [-0.39, 0.29) is 0 Å². The van der Waals surface area contributed by atoms with Gasteiger partial charge in [0.05, 0.1) is 12.5 Å². The maximum Gasteiger partial charge on any atom is 0.344 e. The summed E-state index contributed by atoms with van der Waals surface area (Å²) in [5.41, 5.74) is -0.708. The Hall–Kier alpha value is -2.16. The minimum atomic E-state index is -0.933. The normalized spacial score (nSPS) is 34.4. The molecule has 0 N–H and O–H groups in total. The summed E-state index contributed by atoms with van der Waals surface area (Å²) in [6, 6.07) is 0. The Morgan fingerprint density at radius 3 is 2.46 bits per heavy atom. The molecular weight excluding hydrogens is 348 g/mol. The molecule has 2 bridgehead atoms. The van der Waals surface area contributed by atoms with Crippen LogP contribution in [0, 0.1) is 17.3 Å². The summed E-state index contributed by atoms with van der Waals surface area (Å²) in [5, 5.41) is 0. The zero-order chi connectivity index (χ0) is 19.2. The zero-order valence-electron chi connectivity index (χ0n) is 15.1. The van der Waals surface area contributed by atoms with E-state index in [1.54, 1.807) is 13.8 Å². The largest absolute Gasteiger partial charge is 0.469 e. The van der Waals surface area contributed by atoms with E-state index < -0.39 is 72.2 Å². The molecule has 0 spiro atoms. The number of methoxy groups -OCH3 is 1. The Labute approximate surface area is 150 Å². The molecule has 6 atom stereocenters. The Morgan fingerprint density at radius 2 is 1.85 bits per heavy atom. The molecule has 3 aliphatic heterocycles. The van der Waals surface area contributed by atoms with Crippen molar-refractivity contribution < 1.29 is 42.9 Å². The predicted molar refractivity (Wildman–Crippen MR) is 82.4 cm³/mol. The number of esters is 4. The fraction of sp³-hybridized carbons (Fsp3) is 0.765. The number of rotatable bonds is 6. The molecule has 3 heterocycles. The van der Waals surface area contributed by atoms with Gasteiger partial charge in [0.15, 0.2) is 18.8 Å². The van der Waals surface area contributed by atoms with Gasteiger partial charge in [0.25, 0.3) is 0 Å². The molecule has 6 unspecified atom stereocenters. The summed E-state index contributed by atoms with van der Waals surface area (Å²) in [6.45, 7) is 4.69. The van der Waals surface area contributed by atoms with Crippen molar-refractivity contribution in [2.75, 3.05) is 13.7 Å². The van der Waals surface area contributed by atoms with Crippen molar-refractivity contribution in [1.29, 1.82) is 0 Å². The number of carbonyl (C=O) groups is 4. The zero-order valence-corrected chi connectivity index (χ0v) is 15.1. The fourth-order valence-corrected chi connectivity index (χ4v) is 3.53. The van der Waals surface area contributed by atoms with E-state index in [1.165, 1.54) is 7.11 Å². The van der Waals surface area contributed by atoms with E-state index in [0.717, 1.165) is 0 Å². The van der Waals surface area contributed by atoms with E-state index in [9.17, 15) is 19.2 Å². The summed E-state index contributed by atoms with van der Waals surface area (Å²) in [6.07, 6.45) is -2.60. The molecule has 9 nitrogen and oxygen atoms in total. The lowest BCUT2D eigenvalue weighted by Gasteiger charge is -2.27. The highest BCUT2D eigenvalue weighted by atomic mass is 16.7. The van der Waals surface area contributed by atoms with E-state index in [4.69, 9.17) is 23.7 Å². The number of hydrogen-bond donors (Lipinski definition) is 0. The van der Waals surface area contributed by atoms with Gasteiger partial charge in [-0.15, -0.1) is 0 Å². The van der Waals surface area contributed by atoms with Gasteiger partial charge in [0.2, 0.25) is 0 Å². The van der Waals surface area contributed by atoms with Gasteiger partial charge in [-0.1, -0.05) is 6.92 Å². The summed E-state index contributed by atoms with van der Waals surface area (Å²) < 4.78 is 25.9. The second-order valence-corrected chi connectivity index (χ2v) is 7.31. The maximum atomic E-state index is 12.1. The average molecular weight is 370 g/mol. The van der Waals surface area contributed by atoms with Crippen LogP contribution in [0.5, 0.6) is 0 Å². The molecule has 0 amide bonds. The number of hydrogen-bond acceptors (Lipinski definition) is 9. The van der Waals surface area contributed by atoms with Crippen molar-refractivity contribution in [3.63, 3.8) is 0 Å². The lowest BCUT2D eigenvalue weighted by molar-refractivity contribution is -0.173.